The van der Waals surface area contributed by atoms with Crippen molar-refractivity contribution in [2.24, 2.45) is 0 Å². The highest BCUT2D eigenvalue weighted by molar-refractivity contribution is 7.93. The van der Waals surface area contributed by atoms with E-state index in [-0.39, 0.29) is 23.9 Å². The van der Waals surface area contributed by atoms with Crippen LogP contribution in [0.1, 0.15) is 26.3 Å². The van der Waals surface area contributed by atoms with E-state index in [2.05, 4.69) is 10.6 Å². The number of carbonyl (C=O) groups is 3. The number of carbonyl (C=O) groups excluding carboxylic acids is 3. The third kappa shape index (κ3) is 7.67. The Labute approximate surface area is 249 Å². The number of benzene rings is 3. The van der Waals surface area contributed by atoms with E-state index in [1.807, 2.05) is 0 Å². The molecule has 0 aliphatic rings. The van der Waals surface area contributed by atoms with Crippen molar-refractivity contribution in [2.75, 3.05) is 20.3 Å². The summed E-state index contributed by atoms with van der Waals surface area (Å²) in [5.74, 6) is -2.09. The minimum absolute atomic E-state index is 0.00145. The Morgan fingerprint density at radius 1 is 0.860 bits per heavy atom. The van der Waals surface area contributed by atoms with Gasteiger partial charge in [0.2, 0.25) is 14.7 Å². The van der Waals surface area contributed by atoms with Gasteiger partial charge in [-0.3, -0.25) is 10.1 Å². The average Bonchev–Trinajstić information content (AvgIpc) is 2.98. The Morgan fingerprint density at radius 3 is 2.00 bits per heavy atom. The molecule has 13 heteroatoms. The van der Waals surface area contributed by atoms with Crippen molar-refractivity contribution in [3.05, 3.63) is 90.2 Å². The van der Waals surface area contributed by atoms with Crippen LogP contribution in [0.5, 0.6) is 11.5 Å². The van der Waals surface area contributed by atoms with Crippen LogP contribution >= 0.6 is 0 Å². The van der Waals surface area contributed by atoms with Crippen molar-refractivity contribution in [1.82, 2.24) is 10.6 Å². The van der Waals surface area contributed by atoms with Gasteiger partial charge in [0.1, 0.15) is 23.9 Å². The number of methoxy groups -OCH3 is 1. The molecule has 1 amide bonds. The van der Waals surface area contributed by atoms with Crippen LogP contribution in [-0.2, 0) is 40.2 Å². The number of amides is 1. The Bertz CT molecular complexity index is 1510. The van der Waals surface area contributed by atoms with E-state index in [4.69, 9.17) is 18.9 Å². The summed E-state index contributed by atoms with van der Waals surface area (Å²) in [6.45, 7) is 3.25. The average molecular weight is 617 g/mol. The second-order valence-electron chi connectivity index (χ2n) is 9.67. The van der Waals surface area contributed by atoms with Crippen LogP contribution in [0.25, 0.3) is 0 Å². The van der Waals surface area contributed by atoms with Gasteiger partial charge < -0.3 is 24.3 Å². The number of nitrogens with one attached hydrogen (secondary N) is 2. The number of halogens is 1. The summed E-state index contributed by atoms with van der Waals surface area (Å²) in [4.78, 5) is 35.6. The first-order valence-electron chi connectivity index (χ1n) is 13.1. The van der Waals surface area contributed by atoms with E-state index in [1.165, 1.54) is 62.4 Å². The maximum absolute atomic E-state index is 14.3. The molecular weight excluding hydrogens is 583 g/mol. The lowest BCUT2D eigenvalue weighted by Gasteiger charge is -2.43. The molecule has 0 fully saturated rings. The van der Waals surface area contributed by atoms with E-state index in [0.717, 1.165) is 7.11 Å². The summed E-state index contributed by atoms with van der Waals surface area (Å²) in [7, 11) is -3.84. The highest BCUT2D eigenvalue weighted by Gasteiger charge is 2.63. The monoisotopic (exact) mass is 616 g/mol. The smallest absolute Gasteiger partial charge is 0.407 e. The van der Waals surface area contributed by atoms with Crippen LogP contribution in [0.2, 0.25) is 0 Å². The van der Waals surface area contributed by atoms with Gasteiger partial charge in [0.05, 0.1) is 30.7 Å². The van der Waals surface area contributed by atoms with Gasteiger partial charge in [-0.25, -0.2) is 22.4 Å². The normalized spacial score (nSPS) is 12.9. The van der Waals surface area contributed by atoms with Crippen LogP contribution in [0.4, 0.5) is 9.18 Å². The Kier molecular flexibility index (Phi) is 10.8. The molecule has 1 unspecified atom stereocenters. The third-order valence-corrected chi connectivity index (χ3v) is 8.87. The van der Waals surface area contributed by atoms with E-state index in [0.29, 0.717) is 11.3 Å². The van der Waals surface area contributed by atoms with Crippen LogP contribution in [0.15, 0.2) is 83.8 Å². The van der Waals surface area contributed by atoms with E-state index >= 15 is 0 Å². The molecule has 0 spiro atoms. The predicted molar refractivity (Wildman–Crippen MR) is 153 cm³/mol. The molecule has 3 aromatic carbocycles. The molecule has 0 saturated carbocycles. The molecular formula is C30H33FN2O9S. The van der Waals surface area contributed by atoms with Crippen LogP contribution in [-0.4, -0.2) is 57.1 Å². The highest BCUT2D eigenvalue weighted by Crippen LogP contribution is 2.36. The summed E-state index contributed by atoms with van der Waals surface area (Å²) < 4.78 is 62.7. The van der Waals surface area contributed by atoms with Crippen molar-refractivity contribution in [3.63, 3.8) is 0 Å². The fraction of sp³-hybridized carbons (Fsp3) is 0.300. The zero-order valence-electron chi connectivity index (χ0n) is 24.1. The van der Waals surface area contributed by atoms with E-state index in [1.54, 1.807) is 37.3 Å². The molecule has 0 aromatic heterocycles. The molecule has 11 nitrogen and oxygen atoms in total. The first-order valence-corrected chi connectivity index (χ1v) is 14.6. The zero-order chi connectivity index (χ0) is 31.7. The van der Waals surface area contributed by atoms with Crippen LogP contribution in [0, 0.1) is 5.82 Å². The fourth-order valence-corrected chi connectivity index (χ4v) is 6.38. The first kappa shape index (κ1) is 33.0. The number of ether oxygens (including phenoxy) is 4. The van der Waals surface area contributed by atoms with Crippen molar-refractivity contribution in [3.8, 4) is 11.5 Å². The maximum atomic E-state index is 14.3. The molecule has 0 aliphatic carbocycles. The Morgan fingerprint density at radius 2 is 1.44 bits per heavy atom. The van der Waals surface area contributed by atoms with Crippen LogP contribution < -0.4 is 15.4 Å². The molecule has 2 N–H and O–H groups in total. The Hall–Kier alpha value is -4.49. The topological polar surface area (TPSA) is 146 Å². The lowest BCUT2D eigenvalue weighted by Crippen LogP contribution is -2.75. The lowest BCUT2D eigenvalue weighted by atomic mass is 9.93. The molecule has 0 aliphatic heterocycles. The van der Waals surface area contributed by atoms with Crippen molar-refractivity contribution >= 4 is 27.9 Å². The maximum Gasteiger partial charge on any atom is 0.407 e. The zero-order valence-corrected chi connectivity index (χ0v) is 24.9. The minimum atomic E-state index is -4.82. The van der Waals surface area contributed by atoms with Gasteiger partial charge in [-0.1, -0.05) is 30.3 Å². The molecule has 0 saturated heterocycles. The quantitative estimate of drug-likeness (QED) is 0.212. The standard InChI is InChI=1S/C30H33FN2O9S/c1-5-40-26(34)19-32-30(27(35)39-4,29(2,3)33-28(36)41-20-21-9-7-6-8-10-21)43(37,38)25-17-15-24(16-18-25)42-23-13-11-22(31)12-14-23/h6-18,32H,5,19-20H2,1-4H3,(H,33,36). The fourth-order valence-electron chi connectivity index (χ4n) is 4.25. The number of rotatable bonds is 13. The van der Waals surface area contributed by atoms with Gasteiger partial charge in [0, 0.05) is 0 Å². The van der Waals surface area contributed by atoms with Gasteiger partial charge in [-0.05, 0) is 74.9 Å². The van der Waals surface area contributed by atoms with Gasteiger partial charge in [0.25, 0.3) is 0 Å². The molecule has 0 heterocycles. The Balaban J connectivity index is 2.00. The van der Waals surface area contributed by atoms with Crippen molar-refractivity contribution in [2.45, 2.75) is 42.7 Å². The van der Waals surface area contributed by atoms with Crippen LogP contribution in [0.3, 0.4) is 0 Å². The second kappa shape index (κ2) is 14.1. The summed E-state index contributed by atoms with van der Waals surface area (Å²) >= 11 is 0. The molecule has 3 rings (SSSR count). The largest absolute Gasteiger partial charge is 0.467 e. The molecule has 230 valence electrons. The number of hydrogen-bond donors (Lipinski definition) is 2. The minimum Gasteiger partial charge on any atom is -0.467 e. The third-order valence-electron chi connectivity index (χ3n) is 6.35. The summed E-state index contributed by atoms with van der Waals surface area (Å²) in [5, 5.41) is 4.96. The van der Waals surface area contributed by atoms with Gasteiger partial charge in [0.15, 0.2) is 0 Å². The number of alkyl carbamates (subject to hydrolysis) is 1. The van der Waals surface area contributed by atoms with Crippen molar-refractivity contribution < 1.29 is 46.1 Å². The molecule has 43 heavy (non-hydrogen) atoms. The first-order chi connectivity index (χ1) is 20.4. The molecule has 0 radical (unpaired) electrons. The van der Waals surface area contributed by atoms with Crippen molar-refractivity contribution in [1.29, 1.82) is 0 Å². The number of hydrogen-bond acceptors (Lipinski definition) is 10. The highest BCUT2D eigenvalue weighted by atomic mass is 32.2. The van der Waals surface area contributed by atoms with Gasteiger partial charge in [-0.15, -0.1) is 0 Å². The summed E-state index contributed by atoms with van der Waals surface area (Å²) in [6, 6.07) is 19.0. The number of esters is 2. The predicted octanol–water partition coefficient (Wildman–Crippen LogP) is 4.12. The molecule has 1 atom stereocenters. The van der Waals surface area contributed by atoms with Gasteiger partial charge >= 0.3 is 18.0 Å². The number of sulfone groups is 1. The summed E-state index contributed by atoms with van der Waals surface area (Å²) in [5.41, 5.74) is -1.31. The van der Waals surface area contributed by atoms with Gasteiger partial charge in [-0.2, -0.15) is 0 Å². The van der Waals surface area contributed by atoms with E-state index in [9.17, 15) is 27.2 Å². The lowest BCUT2D eigenvalue weighted by molar-refractivity contribution is -0.148. The summed E-state index contributed by atoms with van der Waals surface area (Å²) in [6.07, 6.45) is -1.03. The van der Waals surface area contributed by atoms with E-state index < -0.39 is 50.6 Å². The molecule has 3 aromatic rings. The molecule has 0 bridgehead atoms. The second-order valence-corrected chi connectivity index (χ2v) is 11.8. The SMILES string of the molecule is CCOC(=O)CNC(C(=O)OC)(C(C)(C)NC(=O)OCc1ccccc1)S(=O)(=O)c1ccc(Oc2ccc(F)cc2)cc1.